The van der Waals surface area contributed by atoms with Crippen LogP contribution in [0.5, 0.6) is 0 Å². The van der Waals surface area contributed by atoms with Crippen molar-refractivity contribution in [2.45, 2.75) is 13.8 Å². The van der Waals surface area contributed by atoms with E-state index in [1.54, 1.807) is 68.4 Å². The minimum absolute atomic E-state index is 0.144. The monoisotopic (exact) mass is 892 g/mol. The van der Waals surface area contributed by atoms with Crippen molar-refractivity contribution in [2.75, 3.05) is 20.9 Å². The first-order chi connectivity index (χ1) is 31.5. The molecular weight excluding hydrogens is 861 g/mol. The number of hydrazine groups is 2. The number of nitro groups is 6. The highest BCUT2D eigenvalue weighted by Gasteiger charge is 2.35. The summed E-state index contributed by atoms with van der Waals surface area (Å²) in [6.45, 7) is 3.30. The normalized spacial score (nSPS) is 10.7. The summed E-state index contributed by atoms with van der Waals surface area (Å²) in [5.41, 5.74) is 3.04. The van der Waals surface area contributed by atoms with E-state index < -0.39 is 75.0 Å². The summed E-state index contributed by atoms with van der Waals surface area (Å²) in [4.78, 5) is 67.4. The van der Waals surface area contributed by atoms with E-state index in [0.717, 1.165) is 22.3 Å². The Bertz CT molecular complexity index is 2810. The van der Waals surface area contributed by atoms with Gasteiger partial charge in [0.1, 0.15) is 0 Å². The standard InChI is InChI=1S/C44H32N10O12/c1-27-21-28(2)38(48(34-19-15-32(16-20-34)30-11-7-4-8-12-30)46-44-41(53(63)64)24-36(50(57)58)25-42(44)54(65)66)26-37(27)47(33-17-13-31(14-18-33)29-9-5-3-6-10-29)45-43-39(51(59)60)22-35(49(55)56)23-40(43)52(61)62/h3-26,45-46H,1-2H3. The number of aryl methyl sites for hydroxylation is 2. The summed E-state index contributed by atoms with van der Waals surface area (Å²) in [7, 11) is 0. The number of anilines is 6. The highest BCUT2D eigenvalue weighted by molar-refractivity contribution is 5.87. The molecule has 22 nitrogen and oxygen atoms in total. The van der Waals surface area contributed by atoms with Crippen LogP contribution in [0.2, 0.25) is 0 Å². The molecule has 0 saturated heterocycles. The van der Waals surface area contributed by atoms with Crippen molar-refractivity contribution in [3.63, 3.8) is 0 Å². The molecule has 0 atom stereocenters. The molecule has 7 aromatic rings. The Kier molecular flexibility index (Phi) is 12.2. The fourth-order valence-corrected chi connectivity index (χ4v) is 7.14. The van der Waals surface area contributed by atoms with Gasteiger partial charge in [-0.05, 0) is 77.6 Å². The molecule has 22 heteroatoms. The maximum absolute atomic E-state index is 12.5. The Labute approximate surface area is 371 Å². The summed E-state index contributed by atoms with van der Waals surface area (Å²) in [6.07, 6.45) is 0. The molecule has 0 amide bonds. The molecule has 0 heterocycles. The van der Waals surface area contributed by atoms with Gasteiger partial charge >= 0.3 is 22.7 Å². The van der Waals surface area contributed by atoms with Gasteiger partial charge in [0, 0.05) is 0 Å². The molecule has 7 aromatic carbocycles. The van der Waals surface area contributed by atoms with Gasteiger partial charge in [-0.25, -0.2) is 0 Å². The summed E-state index contributed by atoms with van der Waals surface area (Å²) < 4.78 is 0. The maximum atomic E-state index is 12.5. The molecule has 66 heavy (non-hydrogen) atoms. The minimum Gasteiger partial charge on any atom is -0.282 e. The second-order valence-electron chi connectivity index (χ2n) is 14.4. The summed E-state index contributed by atoms with van der Waals surface area (Å²) >= 11 is 0. The Morgan fingerprint density at radius 1 is 0.364 bits per heavy atom. The molecule has 0 spiro atoms. The number of nitrogens with one attached hydrogen (secondary N) is 2. The van der Waals surface area contributed by atoms with Crippen LogP contribution in [-0.2, 0) is 0 Å². The molecule has 0 radical (unpaired) electrons. The highest BCUT2D eigenvalue weighted by Crippen LogP contribution is 2.45. The zero-order chi connectivity index (χ0) is 47.4. The number of nitro benzene ring substituents is 6. The van der Waals surface area contributed by atoms with Crippen LogP contribution in [0.3, 0.4) is 0 Å². The van der Waals surface area contributed by atoms with Crippen LogP contribution in [0, 0.1) is 74.5 Å². The van der Waals surface area contributed by atoms with Gasteiger partial charge in [-0.2, -0.15) is 0 Å². The maximum Gasteiger partial charge on any atom is 0.308 e. The third-order valence-electron chi connectivity index (χ3n) is 10.3. The minimum atomic E-state index is -1.01. The van der Waals surface area contributed by atoms with E-state index in [0.29, 0.717) is 35.4 Å². The van der Waals surface area contributed by atoms with E-state index >= 15 is 0 Å². The number of hydrogen-bond acceptors (Lipinski definition) is 16. The molecule has 330 valence electrons. The van der Waals surface area contributed by atoms with Crippen LogP contribution in [0.25, 0.3) is 22.3 Å². The zero-order valence-electron chi connectivity index (χ0n) is 34.3. The van der Waals surface area contributed by atoms with Crippen molar-refractivity contribution in [1.29, 1.82) is 0 Å². The number of hydrogen-bond donors (Lipinski definition) is 2. The third kappa shape index (κ3) is 9.03. The number of nitrogens with zero attached hydrogens (tertiary/aromatic N) is 8. The van der Waals surface area contributed by atoms with Gasteiger partial charge in [0.25, 0.3) is 11.4 Å². The van der Waals surface area contributed by atoms with Crippen molar-refractivity contribution < 1.29 is 29.5 Å². The van der Waals surface area contributed by atoms with Gasteiger partial charge in [0.15, 0.2) is 0 Å². The second-order valence-corrected chi connectivity index (χ2v) is 14.4. The van der Waals surface area contributed by atoms with Crippen molar-refractivity contribution in [3.8, 4) is 22.3 Å². The molecule has 0 saturated carbocycles. The van der Waals surface area contributed by atoms with Crippen molar-refractivity contribution in [2.24, 2.45) is 0 Å². The topological polar surface area (TPSA) is 289 Å². The SMILES string of the molecule is Cc1cc(C)c(N(Nc2c([N+](=O)[O-])cc([N+](=O)[O-])cc2[N+](=O)[O-])c2ccc(-c3ccccc3)cc2)cc1N(Nc1c([N+](=O)[O-])cc([N+](=O)[O-])cc1[N+](=O)[O-])c1ccc(-c2ccccc2)cc1. The van der Waals surface area contributed by atoms with Crippen molar-refractivity contribution in [3.05, 3.63) is 217 Å². The summed E-state index contributed by atoms with van der Waals surface area (Å²) in [5.74, 6) is 0. The lowest BCUT2D eigenvalue weighted by atomic mass is 10.0. The highest BCUT2D eigenvalue weighted by atomic mass is 16.6. The molecule has 0 aliphatic carbocycles. The van der Waals surface area contributed by atoms with Gasteiger partial charge < -0.3 is 0 Å². The lowest BCUT2D eigenvalue weighted by Gasteiger charge is -2.32. The van der Waals surface area contributed by atoms with E-state index in [1.807, 2.05) is 60.7 Å². The summed E-state index contributed by atoms with van der Waals surface area (Å²) in [5, 5.41) is 76.0. The fourth-order valence-electron chi connectivity index (χ4n) is 7.14. The average Bonchev–Trinajstić information content (AvgIpc) is 3.30. The van der Waals surface area contributed by atoms with Gasteiger partial charge in [-0.1, -0.05) is 91.0 Å². The van der Waals surface area contributed by atoms with E-state index in [4.69, 9.17) is 0 Å². The summed E-state index contributed by atoms with van der Waals surface area (Å²) in [6, 6.07) is 37.2. The first kappa shape index (κ1) is 44.2. The molecule has 0 unspecified atom stereocenters. The Balaban J connectivity index is 1.48. The molecule has 0 aliphatic heterocycles. The predicted octanol–water partition coefficient (Wildman–Crippen LogP) is 11.4. The van der Waals surface area contributed by atoms with Gasteiger partial charge in [-0.15, -0.1) is 0 Å². The van der Waals surface area contributed by atoms with Gasteiger partial charge in [-0.3, -0.25) is 81.6 Å². The largest absolute Gasteiger partial charge is 0.308 e. The van der Waals surface area contributed by atoms with Crippen molar-refractivity contribution in [1.82, 2.24) is 0 Å². The molecule has 0 bridgehead atoms. The Morgan fingerprint density at radius 2 is 0.652 bits per heavy atom. The number of non-ortho nitro benzene ring substituents is 2. The molecule has 2 N–H and O–H groups in total. The van der Waals surface area contributed by atoms with Crippen LogP contribution >= 0.6 is 0 Å². The van der Waals surface area contributed by atoms with Crippen LogP contribution in [0.4, 0.5) is 68.2 Å². The van der Waals surface area contributed by atoms with Gasteiger partial charge in [0.05, 0.1) is 76.6 Å². The first-order valence-electron chi connectivity index (χ1n) is 19.3. The van der Waals surface area contributed by atoms with Crippen LogP contribution in [0.15, 0.2) is 146 Å². The molecule has 7 rings (SSSR count). The second kappa shape index (κ2) is 18.2. The number of benzene rings is 7. The average molecular weight is 893 g/mol. The van der Waals surface area contributed by atoms with Crippen molar-refractivity contribution >= 4 is 68.2 Å². The Morgan fingerprint density at radius 3 is 0.924 bits per heavy atom. The Hall–Kier alpha value is -9.86. The van der Waals surface area contributed by atoms with Crippen LogP contribution < -0.4 is 20.9 Å². The molecular formula is C44H32N10O12. The fraction of sp³-hybridized carbons (Fsp3) is 0.0455. The zero-order valence-corrected chi connectivity index (χ0v) is 34.3. The molecule has 0 aliphatic rings. The predicted molar refractivity (Wildman–Crippen MR) is 244 cm³/mol. The quantitative estimate of drug-likeness (QED) is 0.0673. The van der Waals surface area contributed by atoms with E-state index in [-0.39, 0.29) is 22.7 Å². The third-order valence-corrected chi connectivity index (χ3v) is 10.3. The first-order valence-corrected chi connectivity index (χ1v) is 19.3. The lowest BCUT2D eigenvalue weighted by Crippen LogP contribution is -2.29. The van der Waals surface area contributed by atoms with Crippen LogP contribution in [0.1, 0.15) is 11.1 Å². The lowest BCUT2D eigenvalue weighted by molar-refractivity contribution is -0.402. The number of rotatable bonds is 16. The van der Waals surface area contributed by atoms with E-state index in [2.05, 4.69) is 10.9 Å². The molecule has 0 aromatic heterocycles. The van der Waals surface area contributed by atoms with Crippen LogP contribution in [-0.4, -0.2) is 29.5 Å². The van der Waals surface area contributed by atoms with E-state index in [9.17, 15) is 60.7 Å². The van der Waals surface area contributed by atoms with Gasteiger partial charge in [0.2, 0.25) is 11.4 Å². The molecule has 0 fully saturated rings. The van der Waals surface area contributed by atoms with E-state index in [1.165, 1.54) is 16.1 Å². The smallest absolute Gasteiger partial charge is 0.282 e.